The molecule has 0 aromatic heterocycles. The molecule has 1 aliphatic rings. The van der Waals surface area contributed by atoms with Crippen LogP contribution in [0.15, 0.2) is 0 Å². The van der Waals surface area contributed by atoms with Gasteiger partial charge in [-0.05, 0) is 6.92 Å². The smallest absolute Gasteiger partial charge is 0.0824 e. The summed E-state index contributed by atoms with van der Waals surface area (Å²) in [5.74, 6) is 0. The van der Waals surface area contributed by atoms with E-state index in [1.54, 1.807) is 0 Å². The first-order valence-electron chi connectivity index (χ1n) is 3.27. The molecule has 1 aliphatic heterocycles. The Morgan fingerprint density at radius 3 is 2.67 bits per heavy atom. The molecule has 0 saturated carbocycles. The summed E-state index contributed by atoms with van der Waals surface area (Å²) >= 11 is 0. The van der Waals surface area contributed by atoms with E-state index >= 15 is 0 Å². The van der Waals surface area contributed by atoms with Crippen LogP contribution in [0, 0.1) is 0 Å². The SMILES string of the molecule is CC1OC(CN)CC1O. The minimum atomic E-state index is -0.307. The van der Waals surface area contributed by atoms with Crippen LogP contribution < -0.4 is 5.73 Å². The standard InChI is InChI=1S/C6H13NO2/c1-4-6(8)2-5(3-7)9-4/h4-6,8H,2-3,7H2,1H3. The lowest BCUT2D eigenvalue weighted by Gasteiger charge is -2.06. The predicted octanol–water partition coefficient (Wildman–Crippen LogP) is -0.517. The molecule has 1 rings (SSSR count). The molecule has 1 heterocycles. The quantitative estimate of drug-likeness (QED) is 0.503. The van der Waals surface area contributed by atoms with Crippen molar-refractivity contribution < 1.29 is 9.84 Å². The van der Waals surface area contributed by atoms with E-state index in [9.17, 15) is 0 Å². The van der Waals surface area contributed by atoms with Gasteiger partial charge in [-0.2, -0.15) is 0 Å². The maximum Gasteiger partial charge on any atom is 0.0824 e. The second-order valence-electron chi connectivity index (χ2n) is 2.50. The molecule has 3 nitrogen and oxygen atoms in total. The van der Waals surface area contributed by atoms with Gasteiger partial charge in [-0.3, -0.25) is 0 Å². The van der Waals surface area contributed by atoms with Gasteiger partial charge in [0.05, 0.1) is 18.3 Å². The van der Waals surface area contributed by atoms with E-state index < -0.39 is 0 Å². The van der Waals surface area contributed by atoms with Crippen molar-refractivity contribution in [2.75, 3.05) is 6.54 Å². The summed E-state index contributed by atoms with van der Waals surface area (Å²) in [6.45, 7) is 2.38. The normalized spacial score (nSPS) is 43.7. The van der Waals surface area contributed by atoms with E-state index in [2.05, 4.69) is 0 Å². The Balaban J connectivity index is 2.35. The average Bonchev–Trinajstić information content (AvgIpc) is 2.13. The molecule has 0 aromatic carbocycles. The zero-order valence-electron chi connectivity index (χ0n) is 5.58. The van der Waals surface area contributed by atoms with Crippen LogP contribution in [0.1, 0.15) is 13.3 Å². The van der Waals surface area contributed by atoms with Crippen molar-refractivity contribution in [2.45, 2.75) is 31.7 Å². The van der Waals surface area contributed by atoms with E-state index in [4.69, 9.17) is 15.6 Å². The lowest BCUT2D eigenvalue weighted by atomic mass is 10.1. The van der Waals surface area contributed by atoms with Crippen molar-refractivity contribution in [1.82, 2.24) is 0 Å². The van der Waals surface area contributed by atoms with Crippen LogP contribution in [-0.4, -0.2) is 30.0 Å². The highest BCUT2D eigenvalue weighted by Gasteiger charge is 2.29. The fourth-order valence-electron chi connectivity index (χ4n) is 1.06. The van der Waals surface area contributed by atoms with Crippen LogP contribution in [0.25, 0.3) is 0 Å². The van der Waals surface area contributed by atoms with Gasteiger partial charge in [0.25, 0.3) is 0 Å². The van der Waals surface area contributed by atoms with Gasteiger partial charge in [-0.25, -0.2) is 0 Å². The van der Waals surface area contributed by atoms with Crippen molar-refractivity contribution in [3.8, 4) is 0 Å². The summed E-state index contributed by atoms with van der Waals surface area (Å²) < 4.78 is 5.25. The summed E-state index contributed by atoms with van der Waals surface area (Å²) in [5, 5.41) is 9.12. The molecule has 0 amide bonds. The molecule has 3 N–H and O–H groups in total. The predicted molar refractivity (Wildman–Crippen MR) is 34.0 cm³/mol. The molecular formula is C6H13NO2. The minimum absolute atomic E-state index is 0.0291. The van der Waals surface area contributed by atoms with Gasteiger partial charge in [-0.15, -0.1) is 0 Å². The summed E-state index contributed by atoms with van der Waals surface area (Å²) in [6, 6.07) is 0. The average molecular weight is 131 g/mol. The van der Waals surface area contributed by atoms with E-state index in [1.165, 1.54) is 0 Å². The van der Waals surface area contributed by atoms with Gasteiger partial charge >= 0.3 is 0 Å². The largest absolute Gasteiger partial charge is 0.390 e. The number of ether oxygens (including phenoxy) is 1. The van der Waals surface area contributed by atoms with Crippen LogP contribution in [0.3, 0.4) is 0 Å². The molecule has 3 atom stereocenters. The van der Waals surface area contributed by atoms with Gasteiger partial charge in [-0.1, -0.05) is 0 Å². The van der Waals surface area contributed by atoms with Crippen molar-refractivity contribution >= 4 is 0 Å². The lowest BCUT2D eigenvalue weighted by molar-refractivity contribution is 0.0255. The Bertz CT molecular complexity index is 87.1. The van der Waals surface area contributed by atoms with Gasteiger partial charge in [0.1, 0.15) is 0 Å². The molecule has 0 bridgehead atoms. The number of hydrogen-bond donors (Lipinski definition) is 2. The van der Waals surface area contributed by atoms with Gasteiger partial charge in [0.15, 0.2) is 0 Å². The molecule has 3 heteroatoms. The van der Waals surface area contributed by atoms with E-state index in [1.807, 2.05) is 6.92 Å². The number of rotatable bonds is 1. The molecular weight excluding hydrogens is 118 g/mol. The topological polar surface area (TPSA) is 55.5 Å². The lowest BCUT2D eigenvalue weighted by Crippen LogP contribution is -2.19. The molecule has 0 radical (unpaired) electrons. The summed E-state index contributed by atoms with van der Waals surface area (Å²) in [5.41, 5.74) is 5.32. The Labute approximate surface area is 54.8 Å². The highest BCUT2D eigenvalue weighted by atomic mass is 16.5. The fourth-order valence-corrected chi connectivity index (χ4v) is 1.06. The second-order valence-corrected chi connectivity index (χ2v) is 2.50. The van der Waals surface area contributed by atoms with E-state index in [0.717, 1.165) is 0 Å². The van der Waals surface area contributed by atoms with Gasteiger partial charge in [0.2, 0.25) is 0 Å². The van der Waals surface area contributed by atoms with Crippen LogP contribution in [0.2, 0.25) is 0 Å². The molecule has 1 saturated heterocycles. The minimum Gasteiger partial charge on any atom is -0.390 e. The Morgan fingerprint density at radius 2 is 2.44 bits per heavy atom. The number of aliphatic hydroxyl groups is 1. The van der Waals surface area contributed by atoms with E-state index in [-0.39, 0.29) is 18.3 Å². The molecule has 1 fully saturated rings. The molecule has 9 heavy (non-hydrogen) atoms. The maximum atomic E-state index is 9.12. The fraction of sp³-hybridized carbons (Fsp3) is 1.00. The highest BCUT2D eigenvalue weighted by Crippen LogP contribution is 2.18. The van der Waals surface area contributed by atoms with Gasteiger partial charge in [0, 0.05) is 13.0 Å². The first-order chi connectivity index (χ1) is 4.24. The van der Waals surface area contributed by atoms with Crippen molar-refractivity contribution in [3.63, 3.8) is 0 Å². The Kier molecular flexibility index (Phi) is 2.05. The number of aliphatic hydroxyl groups excluding tert-OH is 1. The van der Waals surface area contributed by atoms with Crippen LogP contribution in [0.4, 0.5) is 0 Å². The highest BCUT2D eigenvalue weighted by molar-refractivity contribution is 4.78. The number of hydrogen-bond acceptors (Lipinski definition) is 3. The van der Waals surface area contributed by atoms with Crippen LogP contribution >= 0.6 is 0 Å². The molecule has 54 valence electrons. The van der Waals surface area contributed by atoms with Crippen molar-refractivity contribution in [2.24, 2.45) is 5.73 Å². The van der Waals surface area contributed by atoms with Crippen LogP contribution in [-0.2, 0) is 4.74 Å². The van der Waals surface area contributed by atoms with Crippen molar-refractivity contribution in [1.29, 1.82) is 0 Å². The van der Waals surface area contributed by atoms with E-state index in [0.29, 0.717) is 13.0 Å². The first-order valence-corrected chi connectivity index (χ1v) is 3.27. The monoisotopic (exact) mass is 131 g/mol. The summed E-state index contributed by atoms with van der Waals surface area (Å²) in [4.78, 5) is 0. The molecule has 0 aliphatic carbocycles. The molecule has 0 spiro atoms. The third kappa shape index (κ3) is 1.41. The van der Waals surface area contributed by atoms with Gasteiger partial charge < -0.3 is 15.6 Å². The third-order valence-electron chi connectivity index (χ3n) is 1.72. The zero-order valence-corrected chi connectivity index (χ0v) is 5.58. The number of nitrogens with two attached hydrogens (primary N) is 1. The van der Waals surface area contributed by atoms with Crippen LogP contribution in [0.5, 0.6) is 0 Å². The Morgan fingerprint density at radius 1 is 1.78 bits per heavy atom. The zero-order chi connectivity index (χ0) is 6.85. The summed E-state index contributed by atoms with van der Waals surface area (Å²) in [6.07, 6.45) is 0.435. The first kappa shape index (κ1) is 6.99. The third-order valence-corrected chi connectivity index (χ3v) is 1.72. The Hall–Kier alpha value is -0.120. The van der Waals surface area contributed by atoms with Crippen molar-refractivity contribution in [3.05, 3.63) is 0 Å². The second kappa shape index (κ2) is 2.64. The molecule has 0 aromatic rings. The molecule has 3 unspecified atom stereocenters. The maximum absolute atomic E-state index is 9.12. The summed E-state index contributed by atoms with van der Waals surface area (Å²) in [7, 11) is 0.